The lowest BCUT2D eigenvalue weighted by Crippen LogP contribution is -2.28. The number of hydrogen-bond donors (Lipinski definition) is 0. The van der Waals surface area contributed by atoms with E-state index in [1.54, 1.807) is 38.4 Å². The smallest absolute Gasteiger partial charge is 0.234 e. The lowest BCUT2D eigenvalue weighted by atomic mass is 10.1. The Labute approximate surface area is 109 Å². The SMILES string of the molecule is CN(C)C(=O)CS(=O)CCC(=O)c1ccccc1. The molecule has 1 unspecified atom stereocenters. The molecule has 0 spiro atoms. The predicted molar refractivity (Wildman–Crippen MR) is 72.0 cm³/mol. The molecule has 1 aromatic carbocycles. The van der Waals surface area contributed by atoms with E-state index in [1.165, 1.54) is 4.90 Å². The fourth-order valence-electron chi connectivity index (χ4n) is 1.31. The lowest BCUT2D eigenvalue weighted by molar-refractivity contribution is -0.125. The maximum Gasteiger partial charge on any atom is 0.234 e. The number of ketones is 1. The van der Waals surface area contributed by atoms with E-state index in [1.807, 2.05) is 6.07 Å². The number of nitrogens with zero attached hydrogens (tertiary/aromatic N) is 1. The highest BCUT2D eigenvalue weighted by molar-refractivity contribution is 7.85. The van der Waals surface area contributed by atoms with Crippen LogP contribution in [0.4, 0.5) is 0 Å². The summed E-state index contributed by atoms with van der Waals surface area (Å²) in [5.74, 6) is -0.00991. The second-order valence-corrected chi connectivity index (χ2v) is 5.69. The Bertz CT molecular complexity index is 443. The van der Waals surface area contributed by atoms with Crippen LogP contribution >= 0.6 is 0 Å². The summed E-state index contributed by atoms with van der Waals surface area (Å²) in [5.41, 5.74) is 0.619. The van der Waals surface area contributed by atoms with Gasteiger partial charge in [0.1, 0.15) is 5.75 Å². The van der Waals surface area contributed by atoms with E-state index in [0.29, 0.717) is 5.56 Å². The highest BCUT2D eigenvalue weighted by Crippen LogP contribution is 2.03. The van der Waals surface area contributed by atoms with Gasteiger partial charge in [-0.15, -0.1) is 0 Å². The van der Waals surface area contributed by atoms with E-state index in [4.69, 9.17) is 0 Å². The highest BCUT2D eigenvalue weighted by Gasteiger charge is 2.12. The highest BCUT2D eigenvalue weighted by atomic mass is 32.2. The molecule has 4 nitrogen and oxygen atoms in total. The van der Waals surface area contributed by atoms with Gasteiger partial charge >= 0.3 is 0 Å². The van der Waals surface area contributed by atoms with Crippen LogP contribution in [0, 0.1) is 0 Å². The average Bonchev–Trinajstić information content (AvgIpc) is 2.36. The summed E-state index contributed by atoms with van der Waals surface area (Å²) in [6.07, 6.45) is 0.206. The van der Waals surface area contributed by atoms with Crippen molar-refractivity contribution in [3.05, 3.63) is 35.9 Å². The molecule has 0 fully saturated rings. The number of rotatable bonds is 6. The average molecular weight is 267 g/mol. The van der Waals surface area contributed by atoms with Gasteiger partial charge in [0.25, 0.3) is 0 Å². The standard InChI is InChI=1S/C13H17NO3S/c1-14(2)13(16)10-18(17)9-8-12(15)11-6-4-3-5-7-11/h3-7H,8-10H2,1-2H3. The molecule has 18 heavy (non-hydrogen) atoms. The quantitative estimate of drug-likeness (QED) is 0.725. The van der Waals surface area contributed by atoms with Crippen LogP contribution in [0.25, 0.3) is 0 Å². The predicted octanol–water partition coefficient (Wildman–Crippen LogP) is 1.10. The van der Waals surface area contributed by atoms with Crippen LogP contribution in [0.3, 0.4) is 0 Å². The number of hydrogen-bond acceptors (Lipinski definition) is 3. The molecule has 0 N–H and O–H groups in total. The van der Waals surface area contributed by atoms with Crippen molar-refractivity contribution in [2.75, 3.05) is 25.6 Å². The van der Waals surface area contributed by atoms with Crippen molar-refractivity contribution < 1.29 is 13.8 Å². The van der Waals surface area contributed by atoms with E-state index in [-0.39, 0.29) is 29.6 Å². The molecule has 0 aliphatic carbocycles. The van der Waals surface area contributed by atoms with Crippen molar-refractivity contribution >= 4 is 22.5 Å². The largest absolute Gasteiger partial charge is 0.348 e. The second kappa shape index (κ2) is 7.06. The molecule has 1 amide bonds. The van der Waals surface area contributed by atoms with Gasteiger partial charge in [-0.2, -0.15) is 0 Å². The fourth-order valence-corrected chi connectivity index (χ4v) is 2.40. The molecule has 0 heterocycles. The summed E-state index contributed by atoms with van der Waals surface area (Å²) < 4.78 is 11.6. The van der Waals surface area contributed by atoms with Crippen molar-refractivity contribution in [2.45, 2.75) is 6.42 Å². The molecule has 0 aromatic heterocycles. The maximum atomic E-state index is 11.7. The molecule has 0 saturated heterocycles. The van der Waals surface area contributed by atoms with Crippen LogP contribution in [-0.4, -0.2) is 46.4 Å². The van der Waals surface area contributed by atoms with Crippen molar-refractivity contribution in [1.29, 1.82) is 0 Å². The molecule has 5 heteroatoms. The third-order valence-corrected chi connectivity index (χ3v) is 3.66. The Morgan fingerprint density at radius 3 is 2.33 bits per heavy atom. The summed E-state index contributed by atoms with van der Waals surface area (Å²) in [5, 5.41) is 0. The van der Waals surface area contributed by atoms with Crippen LogP contribution in [-0.2, 0) is 15.6 Å². The number of carbonyl (C=O) groups excluding carboxylic acids is 2. The van der Waals surface area contributed by atoms with Crippen LogP contribution < -0.4 is 0 Å². The van der Waals surface area contributed by atoms with Gasteiger partial charge in [0, 0.05) is 42.6 Å². The monoisotopic (exact) mass is 267 g/mol. The molecule has 0 radical (unpaired) electrons. The van der Waals surface area contributed by atoms with E-state index < -0.39 is 10.8 Å². The zero-order valence-corrected chi connectivity index (χ0v) is 11.4. The summed E-state index contributed by atoms with van der Waals surface area (Å²) in [6.45, 7) is 0. The molecule has 0 aliphatic rings. The van der Waals surface area contributed by atoms with E-state index >= 15 is 0 Å². The number of amides is 1. The molecule has 98 valence electrons. The van der Waals surface area contributed by atoms with Crippen LogP contribution in [0.15, 0.2) is 30.3 Å². The van der Waals surface area contributed by atoms with E-state index in [2.05, 4.69) is 0 Å². The van der Waals surface area contributed by atoms with Gasteiger partial charge in [0.15, 0.2) is 5.78 Å². The minimum absolute atomic E-state index is 0.0188. The molecule has 1 atom stereocenters. The van der Waals surface area contributed by atoms with Crippen LogP contribution in [0.5, 0.6) is 0 Å². The first-order valence-electron chi connectivity index (χ1n) is 5.64. The first-order valence-corrected chi connectivity index (χ1v) is 7.13. The normalized spacial score (nSPS) is 11.9. The summed E-state index contributed by atoms with van der Waals surface area (Å²) in [7, 11) is 1.96. The first kappa shape index (κ1) is 14.6. The Morgan fingerprint density at radius 2 is 1.78 bits per heavy atom. The van der Waals surface area contributed by atoms with Crippen molar-refractivity contribution in [3.63, 3.8) is 0 Å². The van der Waals surface area contributed by atoms with Crippen LogP contribution in [0.2, 0.25) is 0 Å². The zero-order valence-electron chi connectivity index (χ0n) is 10.6. The molecular formula is C13H17NO3S. The van der Waals surface area contributed by atoms with Gasteiger partial charge in [-0.1, -0.05) is 30.3 Å². The number of Topliss-reactive ketones (excluding diaryl/α,β-unsaturated/α-hetero) is 1. The van der Waals surface area contributed by atoms with Gasteiger partial charge in [-0.05, 0) is 0 Å². The summed E-state index contributed by atoms with van der Waals surface area (Å²) in [6, 6.07) is 8.89. The topological polar surface area (TPSA) is 54.5 Å². The third-order valence-electron chi connectivity index (χ3n) is 2.44. The van der Waals surface area contributed by atoms with Crippen molar-refractivity contribution in [1.82, 2.24) is 4.90 Å². The van der Waals surface area contributed by atoms with Gasteiger partial charge in [-0.3, -0.25) is 13.8 Å². The van der Waals surface area contributed by atoms with E-state index in [9.17, 15) is 13.8 Å². The minimum Gasteiger partial charge on any atom is -0.348 e. The third kappa shape index (κ3) is 4.79. The van der Waals surface area contributed by atoms with Crippen molar-refractivity contribution in [3.8, 4) is 0 Å². The fraction of sp³-hybridized carbons (Fsp3) is 0.385. The maximum absolute atomic E-state index is 11.7. The van der Waals surface area contributed by atoms with E-state index in [0.717, 1.165) is 0 Å². The Balaban J connectivity index is 2.40. The second-order valence-electron chi connectivity index (χ2n) is 4.12. The van der Waals surface area contributed by atoms with Crippen molar-refractivity contribution in [2.24, 2.45) is 0 Å². The summed E-state index contributed by atoms with van der Waals surface area (Å²) >= 11 is 0. The number of carbonyl (C=O) groups is 2. The molecule has 0 saturated carbocycles. The Hall–Kier alpha value is -1.49. The molecule has 1 aromatic rings. The minimum atomic E-state index is -1.28. The lowest BCUT2D eigenvalue weighted by Gasteiger charge is -2.09. The molecular weight excluding hydrogens is 250 g/mol. The first-order chi connectivity index (χ1) is 8.50. The van der Waals surface area contributed by atoms with Gasteiger partial charge in [0.2, 0.25) is 5.91 Å². The summed E-state index contributed by atoms with van der Waals surface area (Å²) in [4.78, 5) is 24.5. The Kier molecular flexibility index (Phi) is 5.71. The number of benzene rings is 1. The molecule has 0 bridgehead atoms. The van der Waals surface area contributed by atoms with Gasteiger partial charge in [0.05, 0.1) is 0 Å². The van der Waals surface area contributed by atoms with Gasteiger partial charge < -0.3 is 4.90 Å². The molecule has 1 rings (SSSR count). The Morgan fingerprint density at radius 1 is 1.17 bits per heavy atom. The zero-order chi connectivity index (χ0) is 13.5. The molecule has 0 aliphatic heterocycles. The van der Waals surface area contributed by atoms with Crippen LogP contribution in [0.1, 0.15) is 16.8 Å². The van der Waals surface area contributed by atoms with Gasteiger partial charge in [-0.25, -0.2) is 0 Å².